The van der Waals surface area contributed by atoms with Crippen LogP contribution in [0.1, 0.15) is 43.4 Å². The molecule has 0 bridgehead atoms. The molecule has 0 fully saturated rings. The Balaban J connectivity index is 1.65. The molecule has 1 aliphatic carbocycles. The highest BCUT2D eigenvalue weighted by Crippen LogP contribution is 2.29. The fourth-order valence-corrected chi connectivity index (χ4v) is 4.73. The molecule has 1 aliphatic rings. The van der Waals surface area contributed by atoms with Gasteiger partial charge in [-0.1, -0.05) is 31.2 Å². The minimum atomic E-state index is -0.504. The summed E-state index contributed by atoms with van der Waals surface area (Å²) in [6, 6.07) is 16.4. The van der Waals surface area contributed by atoms with E-state index in [1.54, 1.807) is 25.2 Å². The number of pyridine rings is 1. The summed E-state index contributed by atoms with van der Waals surface area (Å²) < 4.78 is 14.9. The number of hydrogen-bond acceptors (Lipinski definition) is 4. The molecule has 2 atom stereocenters. The van der Waals surface area contributed by atoms with E-state index in [1.807, 2.05) is 25.1 Å². The molecule has 3 N–H and O–H groups in total. The fraction of sp³-hybridized carbons (Fsp3) is 0.321. The van der Waals surface area contributed by atoms with Gasteiger partial charge in [0.05, 0.1) is 17.8 Å². The molecule has 188 valence electrons. The molecule has 0 spiro atoms. The van der Waals surface area contributed by atoms with E-state index in [-0.39, 0.29) is 30.1 Å². The van der Waals surface area contributed by atoms with E-state index in [0.717, 1.165) is 24.8 Å². The quantitative estimate of drug-likeness (QED) is 0.448. The van der Waals surface area contributed by atoms with Gasteiger partial charge in [-0.15, -0.1) is 0 Å². The van der Waals surface area contributed by atoms with Crippen molar-refractivity contribution in [3.8, 4) is 11.3 Å². The van der Waals surface area contributed by atoms with Crippen LogP contribution in [-0.2, 0) is 22.6 Å². The normalized spacial score (nSPS) is 15.6. The fourth-order valence-electron chi connectivity index (χ4n) is 4.73. The standard InChI is InChI=1S/C28H31FN4O3/c1-3-22(30-2)27(35)32-24-15-16-25(19-11-13-20(29)14-12-19)33(28(24)36)17-26(34)31-23-10-6-8-18-7-4-5-9-21(18)23/h4-5,7,9,11-16,22-23,30H,3,6,8,10,17H2,1-2H3,(H,31,34)(H,32,35). The Kier molecular flexibility index (Phi) is 7.95. The van der Waals surface area contributed by atoms with E-state index in [4.69, 9.17) is 0 Å². The Hall–Kier alpha value is -3.78. The van der Waals surface area contributed by atoms with Gasteiger partial charge in [-0.2, -0.15) is 0 Å². The second kappa shape index (κ2) is 11.3. The number of rotatable bonds is 8. The van der Waals surface area contributed by atoms with Crippen LogP contribution in [0, 0.1) is 5.82 Å². The zero-order chi connectivity index (χ0) is 25.7. The van der Waals surface area contributed by atoms with Crippen LogP contribution >= 0.6 is 0 Å². The lowest BCUT2D eigenvalue weighted by atomic mass is 9.88. The number of aromatic nitrogens is 1. The SMILES string of the molecule is CCC(NC)C(=O)Nc1ccc(-c2ccc(F)cc2)n(CC(=O)NC2CCCc3ccccc32)c1=O. The maximum absolute atomic E-state index is 13.5. The summed E-state index contributed by atoms with van der Waals surface area (Å²) in [6.45, 7) is 1.63. The Morgan fingerprint density at radius 3 is 2.56 bits per heavy atom. The van der Waals surface area contributed by atoms with E-state index in [2.05, 4.69) is 22.0 Å². The molecule has 4 rings (SSSR count). The molecule has 3 aromatic rings. The Labute approximate surface area is 209 Å². The third-order valence-corrected chi connectivity index (χ3v) is 6.65. The zero-order valence-electron chi connectivity index (χ0n) is 20.5. The number of benzene rings is 2. The van der Waals surface area contributed by atoms with Gasteiger partial charge < -0.3 is 16.0 Å². The number of nitrogens with one attached hydrogen (secondary N) is 3. The highest BCUT2D eigenvalue weighted by atomic mass is 19.1. The van der Waals surface area contributed by atoms with Crippen LogP contribution in [0.4, 0.5) is 10.1 Å². The molecular weight excluding hydrogens is 459 g/mol. The van der Waals surface area contributed by atoms with Crippen molar-refractivity contribution in [2.45, 2.75) is 51.2 Å². The van der Waals surface area contributed by atoms with Crippen molar-refractivity contribution < 1.29 is 14.0 Å². The molecule has 8 heteroatoms. The smallest absolute Gasteiger partial charge is 0.275 e. The lowest BCUT2D eigenvalue weighted by Gasteiger charge is -2.26. The van der Waals surface area contributed by atoms with Gasteiger partial charge in [-0.25, -0.2) is 4.39 Å². The van der Waals surface area contributed by atoms with Crippen LogP contribution in [-0.4, -0.2) is 29.5 Å². The van der Waals surface area contributed by atoms with Crippen molar-refractivity contribution in [3.63, 3.8) is 0 Å². The minimum Gasteiger partial charge on any atom is -0.348 e. The number of fused-ring (bicyclic) bond motifs is 1. The number of amides is 2. The largest absolute Gasteiger partial charge is 0.348 e. The average molecular weight is 491 g/mol. The molecular formula is C28H31FN4O3. The lowest BCUT2D eigenvalue weighted by Crippen LogP contribution is -2.40. The summed E-state index contributed by atoms with van der Waals surface area (Å²) in [5, 5.41) is 8.67. The predicted molar refractivity (Wildman–Crippen MR) is 138 cm³/mol. The van der Waals surface area contributed by atoms with Crippen molar-refractivity contribution in [1.29, 1.82) is 0 Å². The molecule has 2 aromatic carbocycles. The Morgan fingerprint density at radius 2 is 1.83 bits per heavy atom. The first-order valence-electron chi connectivity index (χ1n) is 12.3. The van der Waals surface area contributed by atoms with Gasteiger partial charge in [0.2, 0.25) is 11.8 Å². The number of halogens is 1. The molecule has 2 unspecified atom stereocenters. The van der Waals surface area contributed by atoms with E-state index in [1.165, 1.54) is 28.3 Å². The summed E-state index contributed by atoms with van der Waals surface area (Å²) in [7, 11) is 1.68. The number of carbonyl (C=O) groups excluding carboxylic acids is 2. The minimum absolute atomic E-state index is 0.0790. The summed E-state index contributed by atoms with van der Waals surface area (Å²) in [5.74, 6) is -1.04. The Bertz CT molecular complexity index is 1300. The average Bonchev–Trinajstić information content (AvgIpc) is 2.88. The number of hydrogen-bond donors (Lipinski definition) is 3. The van der Waals surface area contributed by atoms with Gasteiger partial charge in [-0.3, -0.25) is 19.0 Å². The maximum atomic E-state index is 13.5. The van der Waals surface area contributed by atoms with Gasteiger partial charge in [0.25, 0.3) is 5.56 Å². The molecule has 0 radical (unpaired) electrons. The van der Waals surface area contributed by atoms with Crippen molar-refractivity contribution in [3.05, 3.63) is 88.0 Å². The van der Waals surface area contributed by atoms with Gasteiger partial charge in [0.1, 0.15) is 18.0 Å². The third kappa shape index (κ3) is 5.54. The molecule has 0 saturated carbocycles. The van der Waals surface area contributed by atoms with Gasteiger partial charge in [-0.05, 0) is 85.8 Å². The molecule has 1 aromatic heterocycles. The number of aryl methyl sites for hydroxylation is 1. The second-order valence-corrected chi connectivity index (χ2v) is 8.98. The van der Waals surface area contributed by atoms with E-state index >= 15 is 0 Å². The summed E-state index contributed by atoms with van der Waals surface area (Å²) >= 11 is 0. The number of anilines is 1. The number of nitrogens with zero attached hydrogens (tertiary/aromatic N) is 1. The highest BCUT2D eigenvalue weighted by molar-refractivity contribution is 5.94. The summed E-state index contributed by atoms with van der Waals surface area (Å²) in [5.41, 5.74) is 2.94. The first-order chi connectivity index (χ1) is 17.4. The second-order valence-electron chi connectivity index (χ2n) is 8.98. The highest BCUT2D eigenvalue weighted by Gasteiger charge is 2.23. The van der Waals surface area contributed by atoms with Crippen LogP contribution < -0.4 is 21.5 Å². The van der Waals surface area contributed by atoms with Crippen LogP contribution in [0.25, 0.3) is 11.3 Å². The molecule has 1 heterocycles. The van der Waals surface area contributed by atoms with Crippen LogP contribution in [0.2, 0.25) is 0 Å². The van der Waals surface area contributed by atoms with E-state index in [9.17, 15) is 18.8 Å². The Morgan fingerprint density at radius 1 is 1.08 bits per heavy atom. The van der Waals surface area contributed by atoms with E-state index in [0.29, 0.717) is 17.7 Å². The predicted octanol–water partition coefficient (Wildman–Crippen LogP) is 3.78. The van der Waals surface area contributed by atoms with Gasteiger partial charge in [0.15, 0.2) is 0 Å². The summed E-state index contributed by atoms with van der Waals surface area (Å²) in [6.07, 6.45) is 3.31. The van der Waals surface area contributed by atoms with E-state index < -0.39 is 17.4 Å². The number of likely N-dealkylation sites (N-methyl/N-ethyl adjacent to an activating group) is 1. The van der Waals surface area contributed by atoms with Crippen molar-refractivity contribution >= 4 is 17.5 Å². The van der Waals surface area contributed by atoms with Crippen molar-refractivity contribution in [2.24, 2.45) is 0 Å². The van der Waals surface area contributed by atoms with Gasteiger partial charge >= 0.3 is 0 Å². The van der Waals surface area contributed by atoms with Crippen LogP contribution in [0.3, 0.4) is 0 Å². The molecule has 0 saturated heterocycles. The first kappa shape index (κ1) is 25.3. The molecule has 0 aliphatic heterocycles. The number of carbonyl (C=O) groups is 2. The third-order valence-electron chi connectivity index (χ3n) is 6.65. The maximum Gasteiger partial charge on any atom is 0.275 e. The molecule has 36 heavy (non-hydrogen) atoms. The first-order valence-corrected chi connectivity index (χ1v) is 12.3. The molecule has 2 amide bonds. The zero-order valence-corrected chi connectivity index (χ0v) is 20.5. The monoisotopic (exact) mass is 490 g/mol. The van der Waals surface area contributed by atoms with Crippen molar-refractivity contribution in [2.75, 3.05) is 12.4 Å². The topological polar surface area (TPSA) is 92.2 Å². The van der Waals surface area contributed by atoms with Crippen LogP contribution in [0.5, 0.6) is 0 Å². The van der Waals surface area contributed by atoms with Crippen molar-refractivity contribution in [1.82, 2.24) is 15.2 Å². The van der Waals surface area contributed by atoms with Gasteiger partial charge in [0, 0.05) is 0 Å². The lowest BCUT2D eigenvalue weighted by molar-refractivity contribution is -0.122. The molecule has 7 nitrogen and oxygen atoms in total. The summed E-state index contributed by atoms with van der Waals surface area (Å²) in [4.78, 5) is 39.2. The van der Waals surface area contributed by atoms with Crippen LogP contribution in [0.15, 0.2) is 65.5 Å².